The molecule has 0 spiro atoms. The van der Waals surface area contributed by atoms with Gasteiger partial charge in [-0.1, -0.05) is 61.7 Å². The van der Waals surface area contributed by atoms with E-state index in [2.05, 4.69) is 5.10 Å². The third-order valence-electron chi connectivity index (χ3n) is 10.6. The second kappa shape index (κ2) is 16.0. The van der Waals surface area contributed by atoms with Gasteiger partial charge in [-0.25, -0.2) is 9.59 Å². The van der Waals surface area contributed by atoms with Gasteiger partial charge in [0.05, 0.1) is 43.0 Å². The van der Waals surface area contributed by atoms with Crippen LogP contribution in [0.3, 0.4) is 0 Å². The number of pyridine rings is 1. The van der Waals surface area contributed by atoms with E-state index in [1.165, 1.54) is 23.1 Å². The average molecular weight is 765 g/mol. The summed E-state index contributed by atoms with van der Waals surface area (Å²) >= 11 is 1.47. The fourth-order valence-electron chi connectivity index (χ4n) is 7.95. The van der Waals surface area contributed by atoms with Crippen molar-refractivity contribution in [1.29, 1.82) is 0 Å². The van der Waals surface area contributed by atoms with E-state index in [9.17, 15) is 19.2 Å². The summed E-state index contributed by atoms with van der Waals surface area (Å²) in [5.41, 5.74) is 1.32. The predicted molar refractivity (Wildman–Crippen MR) is 212 cm³/mol. The van der Waals surface area contributed by atoms with Gasteiger partial charge in [-0.3, -0.25) is 9.59 Å². The molecule has 1 aliphatic heterocycles. The summed E-state index contributed by atoms with van der Waals surface area (Å²) in [5, 5.41) is 5.24. The van der Waals surface area contributed by atoms with E-state index in [1.54, 1.807) is 18.6 Å². The Labute approximate surface area is 324 Å². The first-order valence-corrected chi connectivity index (χ1v) is 19.8. The van der Waals surface area contributed by atoms with E-state index < -0.39 is 28.5 Å². The number of nitrogens with zero attached hydrogens (tertiary/aromatic N) is 4. The maximum Gasteiger partial charge on any atom is 0.435 e. The topological polar surface area (TPSA) is 122 Å². The number of benzene rings is 2. The summed E-state index contributed by atoms with van der Waals surface area (Å²) in [6.07, 6.45) is 9.52. The molecule has 1 saturated heterocycles. The molecular formula is C43H48N4O7S. The smallest absolute Gasteiger partial charge is 0.435 e. The molecule has 1 unspecified atom stereocenters. The number of carbonyl (C=O) groups excluding carboxylic acids is 3. The Morgan fingerprint density at radius 1 is 0.982 bits per heavy atom. The molecule has 55 heavy (non-hydrogen) atoms. The lowest BCUT2D eigenvalue weighted by Crippen LogP contribution is -2.49. The number of thiophene rings is 1. The van der Waals surface area contributed by atoms with Crippen LogP contribution in [0.5, 0.6) is 0 Å². The van der Waals surface area contributed by atoms with Gasteiger partial charge in [-0.2, -0.15) is 9.78 Å². The molecular weight excluding hydrogens is 717 g/mol. The molecule has 12 heteroatoms. The SMILES string of the molecule is COC(=O)c1cn(Cc2ccccc2)cc(-c2ccc(C3(C(=O)N4CCOCC(Cc5cccc6c5cnn6C(=O)OC(C)(C)C)C4)CCCCC3)s2)c1=O. The first-order chi connectivity index (χ1) is 26.5. The average Bonchev–Trinajstić information content (AvgIpc) is 3.79. The Morgan fingerprint density at radius 3 is 2.51 bits per heavy atom. The summed E-state index contributed by atoms with van der Waals surface area (Å²) in [5.74, 6) is -0.571. The van der Waals surface area contributed by atoms with Gasteiger partial charge in [-0.05, 0) is 69.4 Å². The van der Waals surface area contributed by atoms with Gasteiger partial charge in [0.1, 0.15) is 11.2 Å². The Hall–Kier alpha value is -5.07. The summed E-state index contributed by atoms with van der Waals surface area (Å²) in [6, 6.07) is 19.6. The maximum atomic E-state index is 15.0. The molecule has 3 aromatic heterocycles. The number of amides is 1. The van der Waals surface area contributed by atoms with Crippen LogP contribution in [0, 0.1) is 5.92 Å². The van der Waals surface area contributed by atoms with Crippen molar-refractivity contribution in [2.24, 2.45) is 5.92 Å². The minimum Gasteiger partial charge on any atom is -0.465 e. The van der Waals surface area contributed by atoms with Crippen molar-refractivity contribution < 1.29 is 28.6 Å². The van der Waals surface area contributed by atoms with E-state index in [1.807, 2.05) is 90.9 Å². The van der Waals surface area contributed by atoms with E-state index in [-0.39, 0.29) is 17.4 Å². The Morgan fingerprint density at radius 2 is 1.76 bits per heavy atom. The fraction of sp³-hybridized carbons (Fsp3) is 0.419. The van der Waals surface area contributed by atoms with Crippen molar-refractivity contribution in [2.75, 3.05) is 33.4 Å². The minimum atomic E-state index is -0.729. The zero-order valence-electron chi connectivity index (χ0n) is 31.9. The molecule has 2 fully saturated rings. The highest BCUT2D eigenvalue weighted by molar-refractivity contribution is 7.15. The van der Waals surface area contributed by atoms with Crippen molar-refractivity contribution in [3.05, 3.63) is 111 Å². The number of carbonyl (C=O) groups is 3. The zero-order valence-corrected chi connectivity index (χ0v) is 32.7. The standard InChI is InChI=1S/C43H48N4O7S/c1-42(2,3)54-41(51)47-35-15-11-14-31(32(35)23-44-47)22-30-25-46(20-21-53-28-30)40(50)43(18-9-6-10-19-43)37-17-16-36(55-37)33-26-45(24-29-12-7-5-8-13-29)27-34(38(33)48)39(49)52-4/h5,7-8,11-17,23,26-27,30H,6,9-10,18-22,24-25,28H2,1-4H3. The summed E-state index contributed by atoms with van der Waals surface area (Å²) in [4.78, 5) is 58.1. The Balaban J connectivity index is 1.16. The molecule has 0 N–H and O–H groups in total. The van der Waals surface area contributed by atoms with Gasteiger partial charge < -0.3 is 23.7 Å². The maximum absolute atomic E-state index is 15.0. The second-order valence-corrected chi connectivity index (χ2v) is 16.7. The minimum absolute atomic E-state index is 0.0191. The van der Waals surface area contributed by atoms with Crippen LogP contribution in [-0.2, 0) is 37.4 Å². The normalized spacial score (nSPS) is 17.5. The van der Waals surface area contributed by atoms with Crippen LogP contribution in [0.2, 0.25) is 0 Å². The number of hydrogen-bond donors (Lipinski definition) is 0. The molecule has 2 aliphatic rings. The number of ether oxygens (including phenoxy) is 3. The second-order valence-electron chi connectivity index (χ2n) is 15.7. The Kier molecular flexibility index (Phi) is 11.1. The van der Waals surface area contributed by atoms with E-state index in [0.717, 1.165) is 53.5 Å². The highest BCUT2D eigenvalue weighted by atomic mass is 32.1. The molecule has 0 radical (unpaired) electrons. The number of rotatable bonds is 8. The van der Waals surface area contributed by atoms with Crippen LogP contribution in [0.4, 0.5) is 4.79 Å². The number of methoxy groups -OCH3 is 1. The van der Waals surface area contributed by atoms with Crippen LogP contribution < -0.4 is 5.43 Å². The number of aromatic nitrogens is 3. The summed E-state index contributed by atoms with van der Waals surface area (Å²) < 4.78 is 19.8. The quantitative estimate of drug-likeness (QED) is 0.149. The van der Waals surface area contributed by atoms with Gasteiger partial charge in [0.25, 0.3) is 0 Å². The van der Waals surface area contributed by atoms with Gasteiger partial charge >= 0.3 is 12.1 Å². The van der Waals surface area contributed by atoms with Gasteiger partial charge in [-0.15, -0.1) is 11.3 Å². The summed E-state index contributed by atoms with van der Waals surface area (Å²) in [7, 11) is 1.27. The third-order valence-corrected chi connectivity index (χ3v) is 11.9. The molecule has 7 rings (SSSR count). The molecule has 1 amide bonds. The van der Waals surface area contributed by atoms with E-state index in [4.69, 9.17) is 14.2 Å². The predicted octanol–water partition coefficient (Wildman–Crippen LogP) is 7.46. The fourth-order valence-corrected chi connectivity index (χ4v) is 9.20. The van der Waals surface area contributed by atoms with Crippen LogP contribution in [-0.4, -0.2) is 76.2 Å². The van der Waals surface area contributed by atoms with Crippen molar-refractivity contribution in [1.82, 2.24) is 19.2 Å². The molecule has 0 bridgehead atoms. The molecule has 1 saturated carbocycles. The third kappa shape index (κ3) is 8.16. The lowest BCUT2D eigenvalue weighted by atomic mass is 9.71. The lowest BCUT2D eigenvalue weighted by Gasteiger charge is -2.39. The number of hydrogen-bond acceptors (Lipinski definition) is 9. The van der Waals surface area contributed by atoms with Crippen molar-refractivity contribution in [3.8, 4) is 10.4 Å². The highest BCUT2D eigenvalue weighted by Gasteiger charge is 2.45. The molecule has 1 aliphatic carbocycles. The summed E-state index contributed by atoms with van der Waals surface area (Å²) in [6.45, 7) is 7.90. The van der Waals surface area contributed by atoms with Gasteiger partial charge in [0.2, 0.25) is 11.3 Å². The van der Waals surface area contributed by atoms with Crippen molar-refractivity contribution >= 4 is 40.2 Å². The van der Waals surface area contributed by atoms with Crippen LogP contribution in [0.15, 0.2) is 84.0 Å². The Bertz CT molecular complexity index is 2240. The van der Waals surface area contributed by atoms with E-state index >= 15 is 0 Å². The van der Waals surface area contributed by atoms with Crippen LogP contribution in [0.25, 0.3) is 21.3 Å². The van der Waals surface area contributed by atoms with Crippen LogP contribution >= 0.6 is 11.3 Å². The first-order valence-electron chi connectivity index (χ1n) is 19.0. The highest BCUT2D eigenvalue weighted by Crippen LogP contribution is 2.45. The lowest BCUT2D eigenvalue weighted by molar-refractivity contribution is -0.139. The number of fused-ring (bicyclic) bond motifs is 1. The number of esters is 1. The molecule has 11 nitrogen and oxygen atoms in total. The van der Waals surface area contributed by atoms with E-state index in [0.29, 0.717) is 55.2 Å². The van der Waals surface area contributed by atoms with Gasteiger partial charge in [0.15, 0.2) is 0 Å². The molecule has 2 aromatic carbocycles. The van der Waals surface area contributed by atoms with Crippen molar-refractivity contribution in [3.63, 3.8) is 0 Å². The monoisotopic (exact) mass is 764 g/mol. The molecule has 1 atom stereocenters. The van der Waals surface area contributed by atoms with Gasteiger partial charge in [0, 0.05) is 53.1 Å². The molecule has 5 aromatic rings. The largest absolute Gasteiger partial charge is 0.465 e. The molecule has 288 valence electrons. The first kappa shape index (κ1) is 38.2. The molecule has 4 heterocycles. The van der Waals surface area contributed by atoms with Crippen molar-refractivity contribution in [2.45, 2.75) is 76.9 Å². The van der Waals surface area contributed by atoms with Crippen LogP contribution in [0.1, 0.15) is 79.2 Å². The zero-order chi connectivity index (χ0) is 38.7.